The van der Waals surface area contributed by atoms with Crippen molar-refractivity contribution in [1.82, 2.24) is 10.6 Å². The van der Waals surface area contributed by atoms with E-state index in [4.69, 9.17) is 0 Å². The van der Waals surface area contributed by atoms with Gasteiger partial charge in [-0.3, -0.25) is 9.79 Å². The van der Waals surface area contributed by atoms with Crippen LogP contribution in [-0.4, -0.2) is 45.1 Å². The largest absolute Gasteiger partial charge is 0.371 e. The maximum atomic E-state index is 13.5. The number of anilines is 2. The van der Waals surface area contributed by atoms with Crippen LogP contribution in [0.3, 0.4) is 0 Å². The Hall–Kier alpha value is -2.43. The number of aliphatic imine (C=N–C) groups is 1. The predicted octanol–water partition coefficient (Wildman–Crippen LogP) is 3.90. The molecule has 2 heterocycles. The molecule has 6 nitrogen and oxygen atoms in total. The highest BCUT2D eigenvalue weighted by molar-refractivity contribution is 14.0. The number of hydrogen-bond acceptors (Lipinski definition) is 3. The smallest absolute Gasteiger partial charge is 0.227 e. The Morgan fingerprint density at radius 2 is 1.82 bits per heavy atom. The van der Waals surface area contributed by atoms with E-state index < -0.39 is 11.6 Å². The molecule has 2 saturated heterocycles. The molecule has 2 aromatic carbocycles. The first-order chi connectivity index (χ1) is 15.5. The molecule has 0 radical (unpaired) electrons. The summed E-state index contributed by atoms with van der Waals surface area (Å²) in [5.41, 5.74) is 2.77. The van der Waals surface area contributed by atoms with Crippen LogP contribution in [0.1, 0.15) is 24.8 Å². The van der Waals surface area contributed by atoms with Crippen molar-refractivity contribution in [2.24, 2.45) is 10.9 Å². The zero-order valence-corrected chi connectivity index (χ0v) is 21.0. The highest BCUT2D eigenvalue weighted by atomic mass is 127. The van der Waals surface area contributed by atoms with Crippen LogP contribution in [0.5, 0.6) is 0 Å². The van der Waals surface area contributed by atoms with Crippen molar-refractivity contribution in [3.8, 4) is 0 Å². The van der Waals surface area contributed by atoms with E-state index in [0.29, 0.717) is 24.6 Å². The molecule has 2 aliphatic heterocycles. The topological polar surface area (TPSA) is 60.0 Å². The number of nitrogens with zero attached hydrogens (tertiary/aromatic N) is 3. The molecule has 0 aromatic heterocycles. The normalized spacial score (nSPS) is 18.5. The summed E-state index contributed by atoms with van der Waals surface area (Å²) in [6.07, 6.45) is 2.52. The fourth-order valence-electron chi connectivity index (χ4n) is 4.28. The number of halogens is 3. The van der Waals surface area contributed by atoms with Crippen LogP contribution in [0.2, 0.25) is 0 Å². The lowest BCUT2D eigenvalue weighted by molar-refractivity contribution is -0.117. The van der Waals surface area contributed by atoms with E-state index in [1.54, 1.807) is 13.1 Å². The van der Waals surface area contributed by atoms with Crippen molar-refractivity contribution in [2.45, 2.75) is 25.8 Å². The molecule has 2 fully saturated rings. The third-order valence-electron chi connectivity index (χ3n) is 6.12. The van der Waals surface area contributed by atoms with Crippen molar-refractivity contribution in [1.29, 1.82) is 0 Å². The van der Waals surface area contributed by atoms with Crippen LogP contribution >= 0.6 is 24.0 Å². The van der Waals surface area contributed by atoms with E-state index in [2.05, 4.69) is 20.5 Å². The van der Waals surface area contributed by atoms with Gasteiger partial charge in [-0.1, -0.05) is 12.1 Å². The molecule has 9 heteroatoms. The number of guanidine groups is 1. The summed E-state index contributed by atoms with van der Waals surface area (Å²) in [5.74, 6) is -0.335. The van der Waals surface area contributed by atoms with Crippen molar-refractivity contribution in [3.05, 3.63) is 59.7 Å². The summed E-state index contributed by atoms with van der Waals surface area (Å²) in [5, 5.41) is 6.68. The maximum absolute atomic E-state index is 13.5. The molecule has 1 amide bonds. The van der Waals surface area contributed by atoms with E-state index in [-0.39, 0.29) is 29.9 Å². The molecular weight excluding hydrogens is 539 g/mol. The molecule has 4 rings (SSSR count). The maximum Gasteiger partial charge on any atom is 0.227 e. The average molecular weight is 569 g/mol. The quantitative estimate of drug-likeness (QED) is 0.315. The molecule has 33 heavy (non-hydrogen) atoms. The van der Waals surface area contributed by atoms with Crippen LogP contribution < -0.4 is 20.4 Å². The Morgan fingerprint density at radius 3 is 2.48 bits per heavy atom. The average Bonchev–Trinajstić information content (AvgIpc) is 3.45. The number of carbonyl (C=O) groups is 1. The van der Waals surface area contributed by atoms with Gasteiger partial charge in [-0.05, 0) is 48.6 Å². The SMILES string of the molecule is CN=C(NCc1ccc(N2CCCC2=O)cc1)NCC1CCN(c2ccc(F)c(F)c2)C1.I. The third kappa shape index (κ3) is 6.33. The predicted molar refractivity (Wildman–Crippen MR) is 138 cm³/mol. The van der Waals surface area contributed by atoms with E-state index in [1.165, 1.54) is 12.1 Å². The van der Waals surface area contributed by atoms with Gasteiger partial charge < -0.3 is 20.4 Å². The van der Waals surface area contributed by atoms with Gasteiger partial charge in [0.05, 0.1) is 0 Å². The number of rotatable bonds is 6. The molecule has 1 atom stereocenters. The summed E-state index contributed by atoms with van der Waals surface area (Å²) in [4.78, 5) is 20.1. The molecule has 2 N–H and O–H groups in total. The molecule has 1 unspecified atom stereocenters. The van der Waals surface area contributed by atoms with Crippen molar-refractivity contribution in [2.75, 3.05) is 43.0 Å². The zero-order chi connectivity index (χ0) is 22.5. The number of benzene rings is 2. The second-order valence-corrected chi connectivity index (χ2v) is 8.32. The number of amides is 1. The summed E-state index contributed by atoms with van der Waals surface area (Å²) in [7, 11) is 1.74. The van der Waals surface area contributed by atoms with Gasteiger partial charge in [-0.15, -0.1) is 24.0 Å². The first-order valence-electron chi connectivity index (χ1n) is 11.1. The van der Waals surface area contributed by atoms with Crippen molar-refractivity contribution < 1.29 is 13.6 Å². The second kappa shape index (κ2) is 11.6. The minimum atomic E-state index is -0.819. The van der Waals surface area contributed by atoms with Crippen LogP contribution in [0.4, 0.5) is 20.2 Å². The van der Waals surface area contributed by atoms with Gasteiger partial charge in [0.1, 0.15) is 0 Å². The number of carbonyl (C=O) groups excluding carboxylic acids is 1. The minimum absolute atomic E-state index is 0. The molecule has 2 aromatic rings. The van der Waals surface area contributed by atoms with Crippen LogP contribution in [0.15, 0.2) is 47.5 Å². The van der Waals surface area contributed by atoms with Gasteiger partial charge in [0.2, 0.25) is 5.91 Å². The molecular formula is C24H30F2IN5O. The molecule has 178 valence electrons. The molecule has 0 aliphatic carbocycles. The third-order valence-corrected chi connectivity index (χ3v) is 6.12. The van der Waals surface area contributed by atoms with Crippen LogP contribution in [-0.2, 0) is 11.3 Å². The lowest BCUT2D eigenvalue weighted by Crippen LogP contribution is -2.40. The van der Waals surface area contributed by atoms with Gasteiger partial charge in [0.15, 0.2) is 17.6 Å². The van der Waals surface area contributed by atoms with Gasteiger partial charge in [0, 0.05) is 63.6 Å². The Kier molecular flexibility index (Phi) is 8.87. The lowest BCUT2D eigenvalue weighted by atomic mass is 10.1. The van der Waals surface area contributed by atoms with Gasteiger partial charge in [-0.2, -0.15) is 0 Å². The monoisotopic (exact) mass is 569 g/mol. The Morgan fingerprint density at radius 1 is 1.06 bits per heavy atom. The first-order valence-corrected chi connectivity index (χ1v) is 11.1. The molecule has 0 bridgehead atoms. The molecule has 2 aliphatic rings. The van der Waals surface area contributed by atoms with E-state index in [0.717, 1.165) is 56.2 Å². The lowest BCUT2D eigenvalue weighted by Gasteiger charge is -2.20. The fourth-order valence-corrected chi connectivity index (χ4v) is 4.28. The highest BCUT2D eigenvalue weighted by Crippen LogP contribution is 2.25. The molecule has 0 spiro atoms. The van der Waals surface area contributed by atoms with Crippen molar-refractivity contribution >= 4 is 47.2 Å². The second-order valence-electron chi connectivity index (χ2n) is 8.32. The summed E-state index contributed by atoms with van der Waals surface area (Å²) >= 11 is 0. The molecule has 0 saturated carbocycles. The van der Waals surface area contributed by atoms with E-state index in [9.17, 15) is 13.6 Å². The number of nitrogens with one attached hydrogen (secondary N) is 2. The summed E-state index contributed by atoms with van der Waals surface area (Å²) in [6.45, 7) is 3.76. The van der Waals surface area contributed by atoms with Crippen LogP contribution in [0, 0.1) is 17.6 Å². The van der Waals surface area contributed by atoms with E-state index >= 15 is 0 Å². The van der Waals surface area contributed by atoms with Crippen molar-refractivity contribution in [3.63, 3.8) is 0 Å². The van der Waals surface area contributed by atoms with Gasteiger partial charge in [0.25, 0.3) is 0 Å². The van der Waals surface area contributed by atoms with E-state index in [1.807, 2.05) is 29.2 Å². The standard InChI is InChI=1S/C24H29F2N5O.HI/c1-27-24(28-14-17-4-6-19(7-5-17)31-11-2-3-23(31)32)29-15-18-10-12-30(16-18)20-8-9-21(25)22(26)13-20;/h4-9,13,18H,2-3,10-12,14-16H2,1H3,(H2,27,28,29);1H. The fraction of sp³-hybridized carbons (Fsp3) is 0.417. The van der Waals surface area contributed by atoms with Gasteiger partial charge in [-0.25, -0.2) is 8.78 Å². The first kappa shape index (κ1) is 25.2. The Bertz CT molecular complexity index is 985. The Balaban J connectivity index is 0.00000306. The highest BCUT2D eigenvalue weighted by Gasteiger charge is 2.24. The zero-order valence-electron chi connectivity index (χ0n) is 18.7. The summed E-state index contributed by atoms with van der Waals surface area (Å²) < 4.78 is 26.7. The Labute approximate surface area is 210 Å². The minimum Gasteiger partial charge on any atom is -0.371 e. The van der Waals surface area contributed by atoms with Gasteiger partial charge >= 0.3 is 0 Å². The number of hydrogen-bond donors (Lipinski definition) is 2. The summed E-state index contributed by atoms with van der Waals surface area (Å²) in [6, 6.07) is 12.1. The van der Waals surface area contributed by atoms with Crippen LogP contribution in [0.25, 0.3) is 0 Å².